The van der Waals surface area contributed by atoms with Gasteiger partial charge in [-0.1, -0.05) is 29.8 Å². The molecule has 176 valence electrons. The quantitative estimate of drug-likeness (QED) is 0.498. The third-order valence-corrected chi connectivity index (χ3v) is 6.25. The number of aromatic nitrogens is 1. The smallest absolute Gasteiger partial charge is 0.254 e. The molecule has 0 radical (unpaired) electrons. The van der Waals surface area contributed by atoms with Crippen LogP contribution in [0.1, 0.15) is 39.9 Å². The number of hydrogen-bond acceptors (Lipinski definition) is 5. The fraction of sp³-hybridized carbons (Fsp3) is 0.240. The van der Waals surface area contributed by atoms with Crippen molar-refractivity contribution >= 4 is 29.2 Å². The number of nitrogens with two attached hydrogens (primary N) is 1. The molecule has 1 aliphatic heterocycles. The van der Waals surface area contributed by atoms with E-state index in [1.165, 1.54) is 12.1 Å². The molecule has 1 aliphatic rings. The molecule has 34 heavy (non-hydrogen) atoms. The lowest BCUT2D eigenvalue weighted by Crippen LogP contribution is -2.31. The Bertz CT molecular complexity index is 1250. The fourth-order valence-electron chi connectivity index (χ4n) is 4.09. The number of carbonyl (C=O) groups excluding carboxylic acids is 2. The Kier molecular flexibility index (Phi) is 6.81. The van der Waals surface area contributed by atoms with Crippen LogP contribution in [0, 0.1) is 5.82 Å². The van der Waals surface area contributed by atoms with E-state index in [4.69, 9.17) is 17.3 Å². The summed E-state index contributed by atoms with van der Waals surface area (Å²) in [6, 6.07) is 12.0. The lowest BCUT2D eigenvalue weighted by molar-refractivity contribution is -0.126. The number of amides is 2. The number of halogens is 2. The van der Waals surface area contributed by atoms with Crippen molar-refractivity contribution in [2.45, 2.75) is 18.4 Å². The number of nitrogens with zero attached hydrogens (tertiary/aromatic N) is 2. The highest BCUT2D eigenvalue weighted by Gasteiger charge is 2.29. The zero-order valence-electron chi connectivity index (χ0n) is 18.5. The van der Waals surface area contributed by atoms with E-state index in [1.54, 1.807) is 48.5 Å². The minimum atomic E-state index is -0.742. The van der Waals surface area contributed by atoms with Gasteiger partial charge in [0.1, 0.15) is 11.6 Å². The van der Waals surface area contributed by atoms with Crippen LogP contribution in [0.15, 0.2) is 54.7 Å². The van der Waals surface area contributed by atoms with Crippen molar-refractivity contribution in [3.63, 3.8) is 0 Å². The summed E-state index contributed by atoms with van der Waals surface area (Å²) in [7, 11) is 1.75. The standard InChI is InChI=1S/C25H24ClFN4O3/c1-31-12-17(10-23(31)33)16-8-20(24(28)29-11-16)14-5-6-19(21(27)9-14)25(34)30-22(13-32)15-3-2-4-18(26)7-15/h2-9,11,17,22,32H,10,12-13H2,1H3,(H2,28,29)(H,30,34)/t17-,22?/m0/s1. The Labute approximate surface area is 201 Å². The van der Waals surface area contributed by atoms with Gasteiger partial charge in [-0.15, -0.1) is 0 Å². The van der Waals surface area contributed by atoms with Gasteiger partial charge in [-0.25, -0.2) is 9.37 Å². The van der Waals surface area contributed by atoms with Crippen molar-refractivity contribution in [3.8, 4) is 11.1 Å². The second-order valence-corrected chi connectivity index (χ2v) is 8.77. The number of nitrogen functional groups attached to an aromatic ring is 1. The first-order valence-electron chi connectivity index (χ1n) is 10.7. The number of nitrogens with one attached hydrogen (secondary N) is 1. The lowest BCUT2D eigenvalue weighted by atomic mass is 9.95. The summed E-state index contributed by atoms with van der Waals surface area (Å²) in [6.07, 6.45) is 2.02. The highest BCUT2D eigenvalue weighted by Crippen LogP contribution is 2.33. The zero-order chi connectivity index (χ0) is 24.4. The van der Waals surface area contributed by atoms with Gasteiger partial charge in [0.25, 0.3) is 5.91 Å². The Balaban J connectivity index is 1.57. The predicted molar refractivity (Wildman–Crippen MR) is 128 cm³/mol. The average molecular weight is 483 g/mol. The lowest BCUT2D eigenvalue weighted by Gasteiger charge is -2.18. The molecule has 2 amide bonds. The molecule has 4 N–H and O–H groups in total. The monoisotopic (exact) mass is 482 g/mol. The average Bonchev–Trinajstić information content (AvgIpc) is 3.15. The summed E-state index contributed by atoms with van der Waals surface area (Å²) >= 11 is 5.99. The molecule has 2 atom stereocenters. The van der Waals surface area contributed by atoms with E-state index < -0.39 is 17.8 Å². The molecule has 4 rings (SSSR count). The van der Waals surface area contributed by atoms with Gasteiger partial charge in [0.2, 0.25) is 5.91 Å². The van der Waals surface area contributed by atoms with E-state index in [9.17, 15) is 19.1 Å². The number of carbonyl (C=O) groups is 2. The molecule has 0 saturated carbocycles. The van der Waals surface area contributed by atoms with Crippen LogP contribution in [0.5, 0.6) is 0 Å². The van der Waals surface area contributed by atoms with E-state index in [0.717, 1.165) is 5.56 Å². The first-order valence-corrected chi connectivity index (χ1v) is 11.1. The number of rotatable bonds is 6. The first kappa shape index (κ1) is 23.7. The molecule has 0 bridgehead atoms. The first-order chi connectivity index (χ1) is 16.3. The Morgan fingerprint density at radius 1 is 1.32 bits per heavy atom. The molecule has 0 aliphatic carbocycles. The van der Waals surface area contributed by atoms with E-state index in [-0.39, 0.29) is 29.8 Å². The van der Waals surface area contributed by atoms with Gasteiger partial charge in [0, 0.05) is 42.7 Å². The summed E-state index contributed by atoms with van der Waals surface area (Å²) in [5.41, 5.74) is 8.32. The molecular formula is C25H24ClFN4O3. The molecule has 7 nitrogen and oxygen atoms in total. The number of aliphatic hydroxyl groups excluding tert-OH is 1. The van der Waals surface area contributed by atoms with Crippen LogP contribution in [0.2, 0.25) is 5.02 Å². The molecule has 3 aromatic rings. The summed E-state index contributed by atoms with van der Waals surface area (Å²) in [5.74, 6) is -1.14. The van der Waals surface area contributed by atoms with Crippen molar-refractivity contribution in [1.82, 2.24) is 15.2 Å². The van der Waals surface area contributed by atoms with Crippen molar-refractivity contribution in [2.75, 3.05) is 25.9 Å². The minimum Gasteiger partial charge on any atom is -0.394 e. The third kappa shape index (κ3) is 4.88. The second-order valence-electron chi connectivity index (χ2n) is 8.34. The predicted octanol–water partition coefficient (Wildman–Crippen LogP) is 3.53. The Morgan fingerprint density at radius 3 is 2.76 bits per heavy atom. The summed E-state index contributed by atoms with van der Waals surface area (Å²) in [5, 5.41) is 12.8. The number of hydrogen-bond donors (Lipinski definition) is 3. The van der Waals surface area contributed by atoms with E-state index in [0.29, 0.717) is 34.7 Å². The van der Waals surface area contributed by atoms with Crippen LogP contribution in [-0.2, 0) is 4.79 Å². The maximum Gasteiger partial charge on any atom is 0.254 e. The van der Waals surface area contributed by atoms with E-state index in [1.807, 2.05) is 6.07 Å². The normalized spacial score (nSPS) is 16.5. The van der Waals surface area contributed by atoms with Crippen LogP contribution in [0.25, 0.3) is 11.1 Å². The molecule has 1 unspecified atom stereocenters. The molecule has 0 spiro atoms. The Hall–Kier alpha value is -3.49. The number of benzene rings is 2. The van der Waals surface area contributed by atoms with Gasteiger partial charge in [-0.2, -0.15) is 0 Å². The van der Waals surface area contributed by atoms with Crippen LogP contribution in [0.3, 0.4) is 0 Å². The van der Waals surface area contributed by atoms with Gasteiger partial charge in [0.05, 0.1) is 18.2 Å². The molecule has 2 heterocycles. The molecule has 1 aromatic heterocycles. The molecule has 1 saturated heterocycles. The van der Waals surface area contributed by atoms with Crippen LogP contribution < -0.4 is 11.1 Å². The molecule has 9 heteroatoms. The largest absolute Gasteiger partial charge is 0.394 e. The Morgan fingerprint density at radius 2 is 2.12 bits per heavy atom. The third-order valence-electron chi connectivity index (χ3n) is 6.02. The van der Waals surface area contributed by atoms with Gasteiger partial charge >= 0.3 is 0 Å². The van der Waals surface area contributed by atoms with Gasteiger partial charge in [0.15, 0.2) is 0 Å². The van der Waals surface area contributed by atoms with Crippen molar-refractivity contribution in [3.05, 3.63) is 82.3 Å². The second kappa shape index (κ2) is 9.79. The number of likely N-dealkylation sites (tertiary alicyclic amines) is 1. The van der Waals surface area contributed by atoms with Gasteiger partial charge < -0.3 is 21.1 Å². The van der Waals surface area contributed by atoms with Crippen molar-refractivity contribution in [1.29, 1.82) is 0 Å². The van der Waals surface area contributed by atoms with Crippen molar-refractivity contribution < 1.29 is 19.1 Å². The number of anilines is 1. The molecular weight excluding hydrogens is 459 g/mol. The van der Waals surface area contributed by atoms with Gasteiger partial charge in [-0.05, 0) is 47.0 Å². The molecule has 2 aromatic carbocycles. The maximum atomic E-state index is 15.0. The van der Waals surface area contributed by atoms with Crippen molar-refractivity contribution in [2.24, 2.45) is 0 Å². The van der Waals surface area contributed by atoms with Crippen LogP contribution in [-0.4, -0.2) is 47.0 Å². The summed E-state index contributed by atoms with van der Waals surface area (Å²) in [6.45, 7) is 0.204. The summed E-state index contributed by atoms with van der Waals surface area (Å²) in [4.78, 5) is 30.5. The zero-order valence-corrected chi connectivity index (χ0v) is 19.2. The topological polar surface area (TPSA) is 109 Å². The minimum absolute atomic E-state index is 0.0128. The van der Waals surface area contributed by atoms with Crippen LogP contribution >= 0.6 is 11.6 Å². The highest BCUT2D eigenvalue weighted by molar-refractivity contribution is 6.30. The SMILES string of the molecule is CN1C[C@@H](c2cnc(N)c(-c3ccc(C(=O)NC(CO)c4cccc(Cl)c4)c(F)c3)c2)CC1=O. The van der Waals surface area contributed by atoms with E-state index >= 15 is 0 Å². The van der Waals surface area contributed by atoms with E-state index in [2.05, 4.69) is 10.3 Å². The fourth-order valence-corrected chi connectivity index (χ4v) is 4.29. The number of aliphatic hydroxyl groups is 1. The van der Waals surface area contributed by atoms with Crippen LogP contribution in [0.4, 0.5) is 10.2 Å². The summed E-state index contributed by atoms with van der Waals surface area (Å²) < 4.78 is 15.0. The number of likely N-dealkylation sites (N-methyl/N-ethyl adjacent to an activating group) is 1. The number of pyridine rings is 1. The maximum absolute atomic E-state index is 15.0. The van der Waals surface area contributed by atoms with Gasteiger partial charge in [-0.3, -0.25) is 9.59 Å². The molecule has 1 fully saturated rings. The highest BCUT2D eigenvalue weighted by atomic mass is 35.5.